The predicted octanol–water partition coefficient (Wildman–Crippen LogP) is 6.68. The molecule has 0 saturated carbocycles. The molecule has 0 aliphatic rings. The van der Waals surface area contributed by atoms with E-state index in [1.807, 2.05) is 13.8 Å². The van der Waals surface area contributed by atoms with Crippen LogP contribution in [0, 0.1) is 18.8 Å². The molecule has 3 rings (SSSR count). The lowest BCUT2D eigenvalue weighted by Crippen LogP contribution is -2.31. The molecule has 3 N–H and O–H groups in total. The molecule has 6 heteroatoms. The highest BCUT2D eigenvalue weighted by atomic mass is 32.1. The average molecular weight is 522 g/mol. The first-order valence-corrected chi connectivity index (χ1v) is 14.0. The van der Waals surface area contributed by atoms with Crippen molar-refractivity contribution in [2.75, 3.05) is 0 Å². The molecular formula is C31H39NO4S. The van der Waals surface area contributed by atoms with Crippen molar-refractivity contribution < 1.29 is 19.8 Å². The Kier molecular flexibility index (Phi) is 10.5. The summed E-state index contributed by atoms with van der Waals surface area (Å²) in [5.74, 6) is -0.396. The SMILES string of the molecule is CCc1csc(-c2ccc(CNC(=O)C(C)CC(O)CC(CC)CC(=O)c3cccc(O)c3)cc2)c1C. The van der Waals surface area contributed by atoms with E-state index in [-0.39, 0.29) is 29.3 Å². The van der Waals surface area contributed by atoms with Gasteiger partial charge < -0.3 is 15.5 Å². The van der Waals surface area contributed by atoms with Crippen molar-refractivity contribution in [3.63, 3.8) is 0 Å². The Morgan fingerprint density at radius 2 is 1.78 bits per heavy atom. The van der Waals surface area contributed by atoms with Gasteiger partial charge in [-0.05, 0) is 71.9 Å². The highest BCUT2D eigenvalue weighted by Gasteiger charge is 2.22. The van der Waals surface area contributed by atoms with E-state index in [2.05, 4.69) is 48.8 Å². The summed E-state index contributed by atoms with van der Waals surface area (Å²) in [6.07, 6.45) is 2.24. The molecule has 37 heavy (non-hydrogen) atoms. The van der Waals surface area contributed by atoms with Gasteiger partial charge in [0.1, 0.15) is 5.75 Å². The van der Waals surface area contributed by atoms with Crippen molar-refractivity contribution in [2.45, 2.75) is 72.4 Å². The lowest BCUT2D eigenvalue weighted by Gasteiger charge is -2.21. The van der Waals surface area contributed by atoms with E-state index >= 15 is 0 Å². The largest absolute Gasteiger partial charge is 0.508 e. The number of aliphatic hydroxyl groups excluding tert-OH is 1. The van der Waals surface area contributed by atoms with Crippen LogP contribution in [0.1, 0.15) is 73.5 Å². The molecular weight excluding hydrogens is 482 g/mol. The normalized spacial score (nSPS) is 13.6. The molecule has 5 nitrogen and oxygen atoms in total. The van der Waals surface area contributed by atoms with Crippen LogP contribution in [0.2, 0.25) is 0 Å². The molecule has 0 radical (unpaired) electrons. The summed E-state index contributed by atoms with van der Waals surface area (Å²) >= 11 is 1.77. The zero-order chi connectivity index (χ0) is 26.9. The minimum Gasteiger partial charge on any atom is -0.508 e. The number of ketones is 1. The predicted molar refractivity (Wildman–Crippen MR) is 151 cm³/mol. The summed E-state index contributed by atoms with van der Waals surface area (Å²) in [5, 5.41) is 25.5. The number of rotatable bonds is 13. The van der Waals surface area contributed by atoms with Gasteiger partial charge in [0, 0.05) is 29.3 Å². The van der Waals surface area contributed by atoms with E-state index in [4.69, 9.17) is 0 Å². The molecule has 0 spiro atoms. The molecule has 0 aliphatic carbocycles. The van der Waals surface area contributed by atoms with E-state index in [9.17, 15) is 19.8 Å². The van der Waals surface area contributed by atoms with Crippen molar-refractivity contribution in [3.05, 3.63) is 76.2 Å². The summed E-state index contributed by atoms with van der Waals surface area (Å²) in [6, 6.07) is 14.7. The van der Waals surface area contributed by atoms with E-state index in [1.165, 1.54) is 33.7 Å². The molecule has 1 amide bonds. The minimum absolute atomic E-state index is 0.0130. The Bertz CT molecular complexity index is 1180. The number of aliphatic hydroxyl groups is 1. The standard InChI is InChI=1S/C31H39NO4S/c1-5-22(16-29(35)26-8-7-9-27(33)17-26)15-28(34)14-20(3)31(36)32-18-23-10-12-25(13-11-23)30-21(4)24(6-2)19-37-30/h7-13,17,19-20,22,28,33-34H,5-6,14-16,18H2,1-4H3,(H,32,36). The quantitative estimate of drug-likeness (QED) is 0.219. The van der Waals surface area contributed by atoms with Crippen LogP contribution < -0.4 is 5.32 Å². The zero-order valence-electron chi connectivity index (χ0n) is 22.3. The number of Topliss-reactive ketones (excluding diaryl/α,β-unsaturated/α-hetero) is 1. The summed E-state index contributed by atoms with van der Waals surface area (Å²) in [5.41, 5.74) is 5.44. The highest BCUT2D eigenvalue weighted by Crippen LogP contribution is 2.32. The number of aromatic hydroxyl groups is 1. The number of aryl methyl sites for hydroxylation is 1. The molecule has 1 aromatic heterocycles. The lowest BCUT2D eigenvalue weighted by molar-refractivity contribution is -0.125. The Balaban J connectivity index is 1.46. The second-order valence-corrected chi connectivity index (χ2v) is 10.8. The fourth-order valence-corrected chi connectivity index (χ4v) is 5.86. The molecule has 0 bridgehead atoms. The van der Waals surface area contributed by atoms with E-state index < -0.39 is 6.10 Å². The van der Waals surface area contributed by atoms with Crippen molar-refractivity contribution in [1.82, 2.24) is 5.32 Å². The molecule has 0 aliphatic heterocycles. The molecule has 3 unspecified atom stereocenters. The van der Waals surface area contributed by atoms with Crippen molar-refractivity contribution in [1.29, 1.82) is 0 Å². The van der Waals surface area contributed by atoms with E-state index in [0.717, 1.165) is 18.4 Å². The van der Waals surface area contributed by atoms with Crippen LogP contribution in [0.4, 0.5) is 0 Å². The third kappa shape index (κ3) is 8.01. The van der Waals surface area contributed by atoms with Gasteiger partial charge in [0.15, 0.2) is 5.78 Å². The van der Waals surface area contributed by atoms with Crippen molar-refractivity contribution in [3.8, 4) is 16.2 Å². The monoisotopic (exact) mass is 521 g/mol. The number of hydrogen-bond acceptors (Lipinski definition) is 5. The molecule has 0 fully saturated rings. The van der Waals surface area contributed by atoms with Gasteiger partial charge in [0.05, 0.1) is 6.10 Å². The molecule has 0 saturated heterocycles. The van der Waals surface area contributed by atoms with Crippen LogP contribution in [0.5, 0.6) is 5.75 Å². The van der Waals surface area contributed by atoms with Gasteiger partial charge in [-0.1, -0.05) is 63.6 Å². The number of benzene rings is 2. The third-order valence-electron chi connectivity index (χ3n) is 7.10. The fraction of sp³-hybridized carbons (Fsp3) is 0.419. The topological polar surface area (TPSA) is 86.6 Å². The van der Waals surface area contributed by atoms with Crippen LogP contribution >= 0.6 is 11.3 Å². The molecule has 2 aromatic carbocycles. The summed E-state index contributed by atoms with van der Waals surface area (Å²) < 4.78 is 0. The Morgan fingerprint density at radius 1 is 1.05 bits per heavy atom. The number of phenolic OH excluding ortho intramolecular Hbond substituents is 1. The van der Waals surface area contributed by atoms with E-state index in [1.54, 1.807) is 23.5 Å². The number of thiophene rings is 1. The maximum absolute atomic E-state index is 12.7. The molecule has 1 heterocycles. The summed E-state index contributed by atoms with van der Waals surface area (Å²) in [4.78, 5) is 26.5. The van der Waals surface area contributed by atoms with E-state index in [0.29, 0.717) is 31.4 Å². The second-order valence-electron chi connectivity index (χ2n) is 9.96. The Morgan fingerprint density at radius 3 is 2.41 bits per heavy atom. The molecule has 3 atom stereocenters. The number of hydrogen-bond donors (Lipinski definition) is 3. The maximum Gasteiger partial charge on any atom is 0.223 e. The zero-order valence-corrected chi connectivity index (χ0v) is 23.1. The number of phenols is 1. The van der Waals surface area contributed by atoms with Crippen LogP contribution in [0.25, 0.3) is 10.4 Å². The van der Waals surface area contributed by atoms with Crippen molar-refractivity contribution >= 4 is 23.0 Å². The first kappa shape index (κ1) is 28.6. The lowest BCUT2D eigenvalue weighted by atomic mass is 9.88. The first-order chi connectivity index (χ1) is 17.7. The number of carbonyl (C=O) groups excluding carboxylic acids is 2. The Hall–Kier alpha value is -2.96. The average Bonchev–Trinajstić information content (AvgIpc) is 3.27. The number of nitrogens with one attached hydrogen (secondary N) is 1. The fourth-order valence-electron chi connectivity index (χ4n) is 4.67. The van der Waals surface area contributed by atoms with Gasteiger partial charge >= 0.3 is 0 Å². The number of carbonyl (C=O) groups is 2. The summed E-state index contributed by atoms with van der Waals surface area (Å²) in [7, 11) is 0. The van der Waals surface area contributed by atoms with Crippen LogP contribution in [-0.2, 0) is 17.8 Å². The summed E-state index contributed by atoms with van der Waals surface area (Å²) in [6.45, 7) is 8.61. The van der Waals surface area contributed by atoms with Gasteiger partial charge in [-0.2, -0.15) is 0 Å². The van der Waals surface area contributed by atoms with Crippen LogP contribution in [-0.4, -0.2) is 28.0 Å². The van der Waals surface area contributed by atoms with Crippen molar-refractivity contribution in [2.24, 2.45) is 11.8 Å². The first-order valence-electron chi connectivity index (χ1n) is 13.2. The van der Waals surface area contributed by atoms with Gasteiger partial charge in [0.25, 0.3) is 0 Å². The number of amides is 1. The third-order valence-corrected chi connectivity index (χ3v) is 8.28. The van der Waals surface area contributed by atoms with Gasteiger partial charge in [-0.3, -0.25) is 9.59 Å². The minimum atomic E-state index is -0.663. The second kappa shape index (κ2) is 13.5. The maximum atomic E-state index is 12.7. The smallest absolute Gasteiger partial charge is 0.223 e. The molecule has 198 valence electrons. The van der Waals surface area contributed by atoms with Gasteiger partial charge in [-0.25, -0.2) is 0 Å². The molecule has 3 aromatic rings. The van der Waals surface area contributed by atoms with Gasteiger partial charge in [0.2, 0.25) is 5.91 Å². The van der Waals surface area contributed by atoms with Crippen LogP contribution in [0.15, 0.2) is 53.9 Å². The van der Waals surface area contributed by atoms with Gasteiger partial charge in [-0.15, -0.1) is 11.3 Å². The Labute approximate surface area is 224 Å². The highest BCUT2D eigenvalue weighted by molar-refractivity contribution is 7.14. The van der Waals surface area contributed by atoms with Crippen LogP contribution in [0.3, 0.4) is 0 Å².